The first-order valence-electron chi connectivity index (χ1n) is 13.9. The van der Waals surface area contributed by atoms with Crippen molar-refractivity contribution in [3.8, 4) is 22.5 Å². The van der Waals surface area contributed by atoms with Gasteiger partial charge >= 0.3 is 11.9 Å². The molecule has 2 aromatic heterocycles. The van der Waals surface area contributed by atoms with E-state index in [0.29, 0.717) is 23.0 Å². The molecule has 0 bridgehead atoms. The first-order chi connectivity index (χ1) is 20.7. The fourth-order valence-corrected chi connectivity index (χ4v) is 4.82. The van der Waals surface area contributed by atoms with Gasteiger partial charge in [-0.25, -0.2) is 19.6 Å². The predicted octanol–water partition coefficient (Wildman–Crippen LogP) is 8.15. The van der Waals surface area contributed by atoms with Crippen LogP contribution in [0.2, 0.25) is 0 Å². The maximum atomic E-state index is 13.5. The van der Waals surface area contributed by atoms with Crippen LogP contribution in [0.4, 0.5) is 17.3 Å². The standard InChI is InChI=1S/C36H33N3O4/c1-36(2,3)26-22-27(34(40)42-4)33(28(23-26)35(41)43-5)39(31-20-12-18-29(37-31)24-14-8-6-9-15-24)32-21-13-19-30(38-32)25-16-10-7-11-17-25/h6-23H,1-5H3. The summed E-state index contributed by atoms with van der Waals surface area (Å²) in [6, 6.07) is 34.4. The Morgan fingerprint density at radius 2 is 1.02 bits per heavy atom. The van der Waals surface area contributed by atoms with Gasteiger partial charge in [-0.1, -0.05) is 93.6 Å². The second kappa shape index (κ2) is 12.3. The molecule has 43 heavy (non-hydrogen) atoms. The number of hydrogen-bond donors (Lipinski definition) is 0. The molecule has 7 heteroatoms. The van der Waals surface area contributed by atoms with Crippen molar-refractivity contribution in [1.29, 1.82) is 0 Å². The van der Waals surface area contributed by atoms with Crippen LogP contribution >= 0.6 is 0 Å². The lowest BCUT2D eigenvalue weighted by molar-refractivity contribution is 0.0600. The Hall–Kier alpha value is -5.30. The van der Waals surface area contributed by atoms with Crippen molar-refractivity contribution in [2.24, 2.45) is 0 Å². The van der Waals surface area contributed by atoms with Crippen LogP contribution in [0.25, 0.3) is 22.5 Å². The number of carbonyl (C=O) groups is 2. The molecular weight excluding hydrogens is 538 g/mol. The van der Waals surface area contributed by atoms with Crippen LogP contribution in [0.1, 0.15) is 47.1 Å². The van der Waals surface area contributed by atoms with Gasteiger partial charge in [-0.15, -0.1) is 0 Å². The third kappa shape index (κ3) is 6.16. The lowest BCUT2D eigenvalue weighted by atomic mass is 9.84. The van der Waals surface area contributed by atoms with Gasteiger partial charge in [0.15, 0.2) is 0 Å². The zero-order valence-electron chi connectivity index (χ0n) is 24.9. The van der Waals surface area contributed by atoms with E-state index in [4.69, 9.17) is 19.4 Å². The number of nitrogens with zero attached hydrogens (tertiary/aromatic N) is 3. The highest BCUT2D eigenvalue weighted by molar-refractivity contribution is 6.07. The summed E-state index contributed by atoms with van der Waals surface area (Å²) in [5, 5.41) is 0. The van der Waals surface area contributed by atoms with E-state index in [-0.39, 0.29) is 22.2 Å². The van der Waals surface area contributed by atoms with Crippen molar-refractivity contribution in [3.63, 3.8) is 0 Å². The lowest BCUT2D eigenvalue weighted by Gasteiger charge is -2.29. The Balaban J connectivity index is 1.86. The quantitative estimate of drug-likeness (QED) is 0.182. The van der Waals surface area contributed by atoms with Gasteiger partial charge in [0, 0.05) is 11.1 Å². The minimum absolute atomic E-state index is 0.189. The number of benzene rings is 3. The molecule has 216 valence electrons. The van der Waals surface area contributed by atoms with E-state index in [2.05, 4.69) is 0 Å². The van der Waals surface area contributed by atoms with Crippen molar-refractivity contribution in [3.05, 3.63) is 126 Å². The Labute approximate surface area is 251 Å². The zero-order valence-corrected chi connectivity index (χ0v) is 24.9. The van der Waals surface area contributed by atoms with Crippen molar-refractivity contribution in [1.82, 2.24) is 9.97 Å². The average molecular weight is 572 g/mol. The molecule has 0 aliphatic carbocycles. The molecule has 5 rings (SSSR count). The molecule has 0 saturated heterocycles. The molecule has 0 unspecified atom stereocenters. The molecule has 0 N–H and O–H groups in total. The molecule has 0 fully saturated rings. The first-order valence-corrected chi connectivity index (χ1v) is 13.9. The van der Waals surface area contributed by atoms with Crippen LogP contribution < -0.4 is 4.90 Å². The number of pyridine rings is 2. The number of rotatable bonds is 7. The van der Waals surface area contributed by atoms with Gasteiger partial charge < -0.3 is 9.47 Å². The maximum absolute atomic E-state index is 13.5. The van der Waals surface area contributed by atoms with Gasteiger partial charge in [0.1, 0.15) is 11.6 Å². The van der Waals surface area contributed by atoms with E-state index >= 15 is 0 Å². The third-order valence-electron chi connectivity index (χ3n) is 7.08. The number of esters is 2. The first kappa shape index (κ1) is 29.2. The fraction of sp³-hybridized carbons (Fsp3) is 0.167. The van der Waals surface area contributed by atoms with E-state index in [9.17, 15) is 9.59 Å². The van der Waals surface area contributed by atoms with E-state index in [1.165, 1.54) is 14.2 Å². The monoisotopic (exact) mass is 571 g/mol. The van der Waals surface area contributed by atoms with Crippen LogP contribution in [-0.2, 0) is 14.9 Å². The summed E-state index contributed by atoms with van der Waals surface area (Å²) in [6.45, 7) is 6.03. The summed E-state index contributed by atoms with van der Waals surface area (Å²) < 4.78 is 10.5. The second-order valence-corrected chi connectivity index (χ2v) is 11.0. The highest BCUT2D eigenvalue weighted by atomic mass is 16.5. The van der Waals surface area contributed by atoms with Gasteiger partial charge in [-0.3, -0.25) is 4.90 Å². The topological polar surface area (TPSA) is 81.6 Å². The molecule has 0 spiro atoms. The number of aromatic nitrogens is 2. The zero-order chi connectivity index (χ0) is 30.6. The number of methoxy groups -OCH3 is 2. The Morgan fingerprint density at radius 1 is 0.605 bits per heavy atom. The Kier molecular flexibility index (Phi) is 8.34. The van der Waals surface area contributed by atoms with E-state index in [1.807, 2.05) is 118 Å². The van der Waals surface area contributed by atoms with Crippen LogP contribution in [0.5, 0.6) is 0 Å². The molecule has 5 aromatic rings. The molecule has 0 aliphatic heterocycles. The van der Waals surface area contributed by atoms with Gasteiger partial charge in [-0.05, 0) is 47.4 Å². The van der Waals surface area contributed by atoms with E-state index in [0.717, 1.165) is 16.7 Å². The number of anilines is 3. The highest BCUT2D eigenvalue weighted by Gasteiger charge is 2.31. The molecule has 0 saturated carbocycles. The summed E-state index contributed by atoms with van der Waals surface area (Å²) >= 11 is 0. The van der Waals surface area contributed by atoms with E-state index in [1.54, 1.807) is 17.0 Å². The second-order valence-electron chi connectivity index (χ2n) is 11.0. The Bertz CT molecular complexity index is 1640. The summed E-state index contributed by atoms with van der Waals surface area (Å²) in [7, 11) is 2.64. The summed E-state index contributed by atoms with van der Waals surface area (Å²) in [4.78, 5) is 38.7. The maximum Gasteiger partial charge on any atom is 0.340 e. The van der Waals surface area contributed by atoms with Crippen LogP contribution in [0.15, 0.2) is 109 Å². The molecular formula is C36H33N3O4. The molecule has 2 heterocycles. The Morgan fingerprint density at radius 3 is 1.40 bits per heavy atom. The average Bonchev–Trinajstić information content (AvgIpc) is 3.04. The largest absolute Gasteiger partial charge is 0.465 e. The molecule has 3 aromatic carbocycles. The van der Waals surface area contributed by atoms with Crippen molar-refractivity contribution < 1.29 is 19.1 Å². The molecule has 0 radical (unpaired) electrons. The van der Waals surface area contributed by atoms with Crippen molar-refractivity contribution in [2.45, 2.75) is 26.2 Å². The van der Waals surface area contributed by atoms with E-state index < -0.39 is 11.9 Å². The summed E-state index contributed by atoms with van der Waals surface area (Å²) in [5.41, 5.74) is 4.30. The number of hydrogen-bond acceptors (Lipinski definition) is 7. The van der Waals surface area contributed by atoms with Gasteiger partial charge in [0.25, 0.3) is 0 Å². The van der Waals surface area contributed by atoms with Crippen LogP contribution in [0.3, 0.4) is 0 Å². The normalized spacial score (nSPS) is 11.1. The van der Waals surface area contributed by atoms with Gasteiger partial charge in [0.05, 0.1) is 42.4 Å². The highest BCUT2D eigenvalue weighted by Crippen LogP contribution is 2.41. The third-order valence-corrected chi connectivity index (χ3v) is 7.08. The van der Waals surface area contributed by atoms with Crippen LogP contribution in [-0.4, -0.2) is 36.1 Å². The fourth-order valence-electron chi connectivity index (χ4n) is 4.82. The summed E-state index contributed by atoms with van der Waals surface area (Å²) in [5.74, 6) is -0.292. The molecule has 0 atom stereocenters. The number of carbonyl (C=O) groups excluding carboxylic acids is 2. The van der Waals surface area contributed by atoms with Gasteiger partial charge in [0.2, 0.25) is 0 Å². The van der Waals surface area contributed by atoms with Crippen molar-refractivity contribution in [2.75, 3.05) is 19.1 Å². The molecule has 0 amide bonds. The SMILES string of the molecule is COC(=O)c1cc(C(C)(C)C)cc(C(=O)OC)c1N(c1cccc(-c2ccccc2)n1)c1cccc(-c2ccccc2)n1. The summed E-state index contributed by atoms with van der Waals surface area (Å²) in [6.07, 6.45) is 0. The molecule has 0 aliphatic rings. The van der Waals surface area contributed by atoms with Crippen LogP contribution in [0, 0.1) is 0 Å². The minimum Gasteiger partial charge on any atom is -0.465 e. The van der Waals surface area contributed by atoms with Gasteiger partial charge in [-0.2, -0.15) is 0 Å². The predicted molar refractivity (Wildman–Crippen MR) is 169 cm³/mol. The van der Waals surface area contributed by atoms with Crippen molar-refractivity contribution >= 4 is 29.3 Å². The smallest absolute Gasteiger partial charge is 0.340 e. The number of ether oxygens (including phenoxy) is 2. The lowest BCUT2D eigenvalue weighted by Crippen LogP contribution is -2.23. The molecule has 7 nitrogen and oxygen atoms in total. The minimum atomic E-state index is -0.602.